The predicted octanol–water partition coefficient (Wildman–Crippen LogP) is 8.74. The van der Waals surface area contributed by atoms with Crippen molar-refractivity contribution in [3.63, 3.8) is 0 Å². The van der Waals surface area contributed by atoms with Crippen molar-refractivity contribution >= 4 is 52.9 Å². The van der Waals surface area contributed by atoms with E-state index in [2.05, 4.69) is 23.5 Å². The molecule has 0 fully saturated rings. The molecule has 5 heterocycles. The zero-order valence-corrected chi connectivity index (χ0v) is 49.5. The predicted molar refractivity (Wildman–Crippen MR) is 319 cm³/mol. The first-order chi connectivity index (χ1) is 41.5. The maximum atomic E-state index is 14.7. The number of imide groups is 1. The Morgan fingerprint density at radius 1 is 0.686 bits per heavy atom. The number of aliphatic hydroxyl groups excluding tert-OH is 1. The number of hydrogen-bond acceptors (Lipinski definition) is 13. The van der Waals surface area contributed by atoms with Crippen LogP contribution >= 0.6 is 0 Å². The van der Waals surface area contributed by atoms with Crippen LogP contribution < -0.4 is 24.4 Å². The van der Waals surface area contributed by atoms with Gasteiger partial charge < -0.3 is 39.2 Å². The Hall–Kier alpha value is -8.64. The van der Waals surface area contributed by atoms with Crippen molar-refractivity contribution in [2.24, 2.45) is 11.8 Å². The number of anilines is 1. The lowest BCUT2D eigenvalue weighted by molar-refractivity contribution is -0.137. The molecule has 6 amide bonds. The number of nitrogens with zero attached hydrogens (tertiary/aromatic N) is 4. The first-order valence-corrected chi connectivity index (χ1v) is 29.9. The van der Waals surface area contributed by atoms with Crippen LogP contribution in [-0.2, 0) is 74.1 Å². The molecule has 0 radical (unpaired) electrons. The van der Waals surface area contributed by atoms with Gasteiger partial charge in [0.15, 0.2) is 23.5 Å². The Kier molecular flexibility index (Phi) is 18.8. The molecule has 2 N–H and O–H groups in total. The summed E-state index contributed by atoms with van der Waals surface area (Å²) in [7, 11) is 1.46. The fraction of sp³-hybridized carbons (Fsp3) is 0.412. The second-order valence-electron chi connectivity index (χ2n) is 23.5. The van der Waals surface area contributed by atoms with Gasteiger partial charge in [-0.25, -0.2) is 9.69 Å². The second-order valence-corrected chi connectivity index (χ2v) is 23.5. The number of carbonyl (C=O) groups excluding carboxylic acids is 8. The third-order valence-corrected chi connectivity index (χ3v) is 17.4. The monoisotopic (exact) mass is 1170 g/mol. The number of ether oxygens (including phenoxy) is 4. The van der Waals surface area contributed by atoms with Gasteiger partial charge in [0.1, 0.15) is 18.1 Å². The van der Waals surface area contributed by atoms with Gasteiger partial charge in [-0.2, -0.15) is 0 Å². The van der Waals surface area contributed by atoms with E-state index >= 15 is 0 Å². The van der Waals surface area contributed by atoms with Gasteiger partial charge in [0.05, 0.1) is 43.7 Å². The molecular weight excluding hydrogens is 1090 g/mol. The number of methoxy groups -OCH3 is 1. The normalized spacial score (nSPS) is 18.4. The van der Waals surface area contributed by atoms with E-state index in [1.165, 1.54) is 47.4 Å². The second kappa shape index (κ2) is 26.7. The number of carbonyl (C=O) groups is 8. The number of ketones is 2. The largest absolute Gasteiger partial charge is 0.493 e. The van der Waals surface area contributed by atoms with Crippen molar-refractivity contribution in [1.29, 1.82) is 0 Å². The van der Waals surface area contributed by atoms with Crippen LogP contribution in [0.1, 0.15) is 131 Å². The number of aliphatic hydroxyl groups is 1. The fourth-order valence-corrected chi connectivity index (χ4v) is 12.3. The number of nitrogens with one attached hydrogen (secondary N) is 1. The number of amides is 6. The van der Waals surface area contributed by atoms with Gasteiger partial charge in [0.2, 0.25) is 5.91 Å². The molecule has 18 nitrogen and oxygen atoms in total. The Morgan fingerprint density at radius 3 is 2.01 bits per heavy atom. The van der Waals surface area contributed by atoms with Crippen LogP contribution in [0.3, 0.4) is 0 Å². The third kappa shape index (κ3) is 13.4. The summed E-state index contributed by atoms with van der Waals surface area (Å²) in [5.74, 6) is -1.37. The Bertz CT molecular complexity index is 3450. The van der Waals surface area contributed by atoms with E-state index in [0.717, 1.165) is 46.4 Å². The number of Topliss-reactive ketones (excluding diaryl/α,β-unsaturated/α-hetero) is 2. The van der Waals surface area contributed by atoms with Gasteiger partial charge >= 0.3 is 6.09 Å². The molecule has 450 valence electrons. The van der Waals surface area contributed by atoms with Gasteiger partial charge in [0, 0.05) is 81.1 Å². The molecule has 10 rings (SSSR count). The average molecular weight is 1170 g/mol. The first kappa shape index (κ1) is 60.5. The standard InChI is InChI=1S/C68H75N5O13/c1-41(2)53(35-52(74)18-7-6-12-27-70-62(76)25-26-63(70)77)64(78)69-43(4)58(75)31-44-19-21-45(22-20-44)40-86-68(82)73-56-37-61(60(83-5)36-55(56)66(80)72-39-50-17-11-9-15-47(50)33-57(72)67(73)81)85-29-13-28-84-59-34-48-23-24-51-32-46-14-8-10-16-49(46)38-71(51)65(79)54(48)30-42(59)3/h8-11,14-17,19-22,25-26,30,34,36-37,41,43,51,53,57,67,81H,6-7,12-13,18,23-24,27-29,31-33,35,38-40H2,1-5H3,(H,69,78)/t43-,51+,53-,57-,67?/m0/s1. The Labute approximate surface area is 501 Å². The molecule has 0 aromatic heterocycles. The highest BCUT2D eigenvalue weighted by atomic mass is 16.6. The molecule has 5 atom stereocenters. The number of fused-ring (bicyclic) bond motifs is 6. The molecule has 0 saturated carbocycles. The molecule has 5 aromatic carbocycles. The topological polar surface area (TPSA) is 219 Å². The van der Waals surface area contributed by atoms with E-state index in [1.54, 1.807) is 36.1 Å². The fourth-order valence-electron chi connectivity index (χ4n) is 12.3. The van der Waals surface area contributed by atoms with Crippen LogP contribution in [-0.4, -0.2) is 118 Å². The van der Waals surface area contributed by atoms with E-state index in [0.29, 0.717) is 61.2 Å². The molecule has 5 aliphatic heterocycles. The number of unbranched alkanes of at least 4 members (excludes halogenated alkanes) is 2. The molecule has 5 aromatic rings. The third-order valence-electron chi connectivity index (χ3n) is 17.4. The minimum absolute atomic E-state index is 0.00239. The van der Waals surface area contributed by atoms with Crippen LogP contribution in [0.25, 0.3) is 0 Å². The summed E-state index contributed by atoms with van der Waals surface area (Å²) in [4.78, 5) is 113. The lowest BCUT2D eigenvalue weighted by Crippen LogP contribution is -2.55. The Morgan fingerprint density at radius 2 is 1.33 bits per heavy atom. The molecule has 1 unspecified atom stereocenters. The summed E-state index contributed by atoms with van der Waals surface area (Å²) in [6.45, 7) is 8.59. The molecule has 0 saturated heterocycles. The highest BCUT2D eigenvalue weighted by Gasteiger charge is 2.46. The van der Waals surface area contributed by atoms with Gasteiger partial charge in [-0.05, 0) is 121 Å². The molecule has 0 aliphatic carbocycles. The quantitative estimate of drug-likeness (QED) is 0.0462. The maximum absolute atomic E-state index is 14.7. The van der Waals surface area contributed by atoms with Crippen molar-refractivity contribution in [3.05, 3.63) is 165 Å². The number of hydrogen-bond donors (Lipinski definition) is 2. The van der Waals surface area contributed by atoms with Crippen LogP contribution in [0.5, 0.6) is 17.2 Å². The molecular formula is C68H75N5O13. The minimum Gasteiger partial charge on any atom is -0.493 e. The maximum Gasteiger partial charge on any atom is 0.416 e. The molecule has 0 bridgehead atoms. The molecule has 86 heavy (non-hydrogen) atoms. The SMILES string of the molecule is COc1cc2c(cc1OCCCOc1cc3c(cc1C)C(=O)N1Cc4ccccc4C[C@H]1CC3)N(C(=O)OCc1ccc(CC(=O)[C@H](C)NC(=O)[C@@H](CC(=O)CCCCCN3C(=O)C=CC3=O)C(C)C)cc1)C(O)[C@@H]1Cc3ccccc3CN1C2=O. The smallest absolute Gasteiger partial charge is 0.416 e. The summed E-state index contributed by atoms with van der Waals surface area (Å²) in [5.41, 5.74) is 8.32. The van der Waals surface area contributed by atoms with E-state index < -0.39 is 36.2 Å². The van der Waals surface area contributed by atoms with E-state index in [1.807, 2.05) is 68.1 Å². The highest BCUT2D eigenvalue weighted by Crippen LogP contribution is 2.42. The zero-order chi connectivity index (χ0) is 60.8. The zero-order valence-electron chi connectivity index (χ0n) is 49.5. The summed E-state index contributed by atoms with van der Waals surface area (Å²) in [6.07, 6.45) is 5.26. The van der Waals surface area contributed by atoms with Crippen molar-refractivity contribution in [2.45, 2.75) is 142 Å². The average Bonchev–Trinajstić information content (AvgIpc) is 1.73. The van der Waals surface area contributed by atoms with Crippen molar-refractivity contribution < 1.29 is 62.4 Å². The Balaban J connectivity index is 0.755. The first-order valence-electron chi connectivity index (χ1n) is 29.9. The summed E-state index contributed by atoms with van der Waals surface area (Å²) in [5, 5.41) is 15.1. The van der Waals surface area contributed by atoms with Crippen molar-refractivity contribution in [2.75, 3.05) is 31.8 Å². The summed E-state index contributed by atoms with van der Waals surface area (Å²) < 4.78 is 24.4. The van der Waals surface area contributed by atoms with Gasteiger partial charge in [-0.1, -0.05) is 93.1 Å². The minimum atomic E-state index is -1.54. The van der Waals surface area contributed by atoms with Crippen molar-refractivity contribution in [3.8, 4) is 17.2 Å². The summed E-state index contributed by atoms with van der Waals surface area (Å²) >= 11 is 0. The van der Waals surface area contributed by atoms with Gasteiger partial charge in [0.25, 0.3) is 23.6 Å². The lowest BCUT2D eigenvalue weighted by Gasteiger charge is -2.39. The van der Waals surface area contributed by atoms with Crippen LogP contribution in [0, 0.1) is 18.8 Å². The van der Waals surface area contributed by atoms with E-state index in [-0.39, 0.29) is 122 Å². The van der Waals surface area contributed by atoms with Crippen LogP contribution in [0.15, 0.2) is 109 Å². The number of rotatable bonds is 23. The van der Waals surface area contributed by atoms with Crippen LogP contribution in [0.2, 0.25) is 0 Å². The molecule has 18 heteroatoms. The van der Waals surface area contributed by atoms with Crippen LogP contribution in [0.4, 0.5) is 10.5 Å². The van der Waals surface area contributed by atoms with Gasteiger partial charge in [-0.15, -0.1) is 0 Å². The number of benzene rings is 5. The highest BCUT2D eigenvalue weighted by molar-refractivity contribution is 6.13. The number of aryl methyl sites for hydroxylation is 2. The summed E-state index contributed by atoms with van der Waals surface area (Å²) in [6, 6.07) is 28.4. The van der Waals surface area contributed by atoms with Crippen molar-refractivity contribution in [1.82, 2.24) is 20.0 Å². The molecule has 0 spiro atoms. The van der Waals surface area contributed by atoms with E-state index in [9.17, 15) is 43.5 Å². The lowest BCUT2D eigenvalue weighted by atomic mass is 9.88. The van der Waals surface area contributed by atoms with E-state index in [4.69, 9.17) is 18.9 Å². The molecule has 5 aliphatic rings. The van der Waals surface area contributed by atoms with Gasteiger partial charge in [-0.3, -0.25) is 38.5 Å².